The van der Waals surface area contributed by atoms with Crippen molar-refractivity contribution in [3.63, 3.8) is 0 Å². The average Bonchev–Trinajstić information content (AvgIpc) is 3.27. The van der Waals surface area contributed by atoms with Crippen LogP contribution in [-0.2, 0) is 17.8 Å². The molecule has 0 aliphatic carbocycles. The number of amides is 1. The number of aromatic nitrogens is 4. The number of rotatable bonds is 6. The highest BCUT2D eigenvalue weighted by atomic mass is 35.5. The van der Waals surface area contributed by atoms with Gasteiger partial charge in [-0.05, 0) is 53.6 Å². The summed E-state index contributed by atoms with van der Waals surface area (Å²) in [5.74, 6) is -0.640. The van der Waals surface area contributed by atoms with E-state index in [1.165, 1.54) is 12.1 Å². The van der Waals surface area contributed by atoms with Gasteiger partial charge in [-0.2, -0.15) is 10.2 Å². The number of nitrogens with zero attached hydrogens (tertiary/aromatic N) is 4. The summed E-state index contributed by atoms with van der Waals surface area (Å²) in [7, 11) is 0. The summed E-state index contributed by atoms with van der Waals surface area (Å²) >= 11 is 6.00. The molecule has 0 aliphatic heterocycles. The van der Waals surface area contributed by atoms with Crippen molar-refractivity contribution in [1.82, 2.24) is 20.2 Å². The standard InChI is InChI=1S/C22H17ClFN5O/c23-17-8-15(9-18(24)10-17)13-29(22(30)11-19-2-1-7-27-28-19)20-5-3-16(4-6-20)21-12-25-14-26-21/h1-10,12,14H,11,13H2,(H,25,26). The van der Waals surface area contributed by atoms with Crippen molar-refractivity contribution in [2.24, 2.45) is 0 Å². The highest BCUT2D eigenvalue weighted by molar-refractivity contribution is 6.30. The van der Waals surface area contributed by atoms with Crippen molar-refractivity contribution >= 4 is 23.2 Å². The molecule has 1 amide bonds. The van der Waals surface area contributed by atoms with Crippen LogP contribution in [0, 0.1) is 5.82 Å². The number of H-pyrrole nitrogens is 1. The number of carbonyl (C=O) groups is 1. The van der Waals surface area contributed by atoms with E-state index < -0.39 is 5.82 Å². The SMILES string of the molecule is O=C(Cc1cccnn1)N(Cc1cc(F)cc(Cl)c1)c1ccc(-c2cnc[nH]2)cc1. The molecule has 150 valence electrons. The Balaban J connectivity index is 1.64. The molecule has 1 N–H and O–H groups in total. The molecule has 0 atom stereocenters. The molecule has 4 rings (SSSR count). The maximum atomic E-state index is 13.8. The number of hydrogen-bond donors (Lipinski definition) is 1. The van der Waals surface area contributed by atoms with Crippen LogP contribution in [0.25, 0.3) is 11.3 Å². The first-order valence-electron chi connectivity index (χ1n) is 9.19. The number of carbonyl (C=O) groups excluding carboxylic acids is 1. The lowest BCUT2D eigenvalue weighted by atomic mass is 10.1. The summed E-state index contributed by atoms with van der Waals surface area (Å²) in [6.45, 7) is 0.167. The van der Waals surface area contributed by atoms with Crippen LogP contribution in [-0.4, -0.2) is 26.1 Å². The Labute approximate surface area is 177 Å². The fourth-order valence-electron chi connectivity index (χ4n) is 3.12. The van der Waals surface area contributed by atoms with Crippen molar-refractivity contribution in [3.8, 4) is 11.3 Å². The van der Waals surface area contributed by atoms with E-state index in [4.69, 9.17) is 11.6 Å². The number of anilines is 1. The average molecular weight is 422 g/mol. The van der Waals surface area contributed by atoms with Crippen LogP contribution >= 0.6 is 11.6 Å². The lowest BCUT2D eigenvalue weighted by Gasteiger charge is -2.23. The first-order valence-corrected chi connectivity index (χ1v) is 9.57. The van der Waals surface area contributed by atoms with E-state index in [1.807, 2.05) is 24.3 Å². The minimum Gasteiger partial charge on any atom is -0.345 e. The number of aromatic amines is 1. The van der Waals surface area contributed by atoms with Crippen molar-refractivity contribution < 1.29 is 9.18 Å². The minimum atomic E-state index is -0.451. The summed E-state index contributed by atoms with van der Waals surface area (Å²) in [5, 5.41) is 8.09. The highest BCUT2D eigenvalue weighted by Gasteiger charge is 2.18. The lowest BCUT2D eigenvalue weighted by Crippen LogP contribution is -2.32. The first-order chi connectivity index (χ1) is 14.6. The Morgan fingerprint density at radius 2 is 1.97 bits per heavy atom. The van der Waals surface area contributed by atoms with Crippen LogP contribution in [0.2, 0.25) is 5.02 Å². The van der Waals surface area contributed by atoms with Gasteiger partial charge in [-0.25, -0.2) is 9.37 Å². The molecule has 0 saturated heterocycles. The molecule has 6 nitrogen and oxygen atoms in total. The zero-order chi connectivity index (χ0) is 20.9. The van der Waals surface area contributed by atoms with Gasteiger partial charge in [0.05, 0.1) is 36.9 Å². The van der Waals surface area contributed by atoms with Gasteiger partial charge in [0, 0.05) is 16.9 Å². The van der Waals surface area contributed by atoms with Gasteiger partial charge in [0.25, 0.3) is 0 Å². The van der Waals surface area contributed by atoms with Gasteiger partial charge in [-0.15, -0.1) is 0 Å². The minimum absolute atomic E-state index is 0.0686. The Kier molecular flexibility index (Phi) is 5.81. The predicted molar refractivity (Wildman–Crippen MR) is 112 cm³/mol. The van der Waals surface area contributed by atoms with Crippen molar-refractivity contribution in [2.45, 2.75) is 13.0 Å². The molecule has 30 heavy (non-hydrogen) atoms. The van der Waals surface area contributed by atoms with E-state index in [2.05, 4.69) is 20.2 Å². The zero-order valence-corrected chi connectivity index (χ0v) is 16.6. The first kappa shape index (κ1) is 19.7. The van der Waals surface area contributed by atoms with Gasteiger partial charge in [0.15, 0.2) is 0 Å². The van der Waals surface area contributed by atoms with Crippen LogP contribution in [0.1, 0.15) is 11.3 Å². The number of imidazole rings is 1. The molecule has 2 heterocycles. The maximum Gasteiger partial charge on any atom is 0.233 e. The number of hydrogen-bond acceptors (Lipinski definition) is 4. The molecular weight excluding hydrogens is 405 g/mol. The van der Waals surface area contributed by atoms with E-state index in [9.17, 15) is 9.18 Å². The number of halogens is 2. The zero-order valence-electron chi connectivity index (χ0n) is 15.8. The molecule has 0 radical (unpaired) electrons. The van der Waals surface area contributed by atoms with Gasteiger partial charge in [-0.1, -0.05) is 23.7 Å². The van der Waals surface area contributed by atoms with Gasteiger partial charge in [-0.3, -0.25) is 4.79 Å². The quantitative estimate of drug-likeness (QED) is 0.499. The van der Waals surface area contributed by atoms with Gasteiger partial charge in [0.2, 0.25) is 5.91 Å². The Morgan fingerprint density at radius 1 is 1.13 bits per heavy atom. The van der Waals surface area contributed by atoms with Crippen molar-refractivity contribution in [1.29, 1.82) is 0 Å². The molecular formula is C22H17ClFN5O. The van der Waals surface area contributed by atoms with E-state index in [-0.39, 0.29) is 23.9 Å². The predicted octanol–water partition coefficient (Wildman–Crippen LogP) is 4.44. The highest BCUT2D eigenvalue weighted by Crippen LogP contribution is 2.25. The van der Waals surface area contributed by atoms with Crippen LogP contribution in [0.15, 0.2) is 73.3 Å². The summed E-state index contributed by atoms with van der Waals surface area (Å²) < 4.78 is 13.8. The fourth-order valence-corrected chi connectivity index (χ4v) is 3.37. The summed E-state index contributed by atoms with van der Waals surface area (Å²) in [4.78, 5) is 21.8. The smallest absolute Gasteiger partial charge is 0.233 e. The molecule has 0 fully saturated rings. The summed E-state index contributed by atoms with van der Waals surface area (Å²) in [6.07, 6.45) is 4.95. The molecule has 0 bridgehead atoms. The van der Waals surface area contributed by atoms with E-state index >= 15 is 0 Å². The number of benzene rings is 2. The third-order valence-corrected chi connectivity index (χ3v) is 4.73. The molecule has 8 heteroatoms. The molecule has 0 aliphatic rings. The third kappa shape index (κ3) is 4.69. The molecule has 0 spiro atoms. The monoisotopic (exact) mass is 421 g/mol. The van der Waals surface area contributed by atoms with Crippen LogP contribution in [0.3, 0.4) is 0 Å². The second-order valence-electron chi connectivity index (χ2n) is 6.66. The van der Waals surface area contributed by atoms with E-state index in [1.54, 1.807) is 41.8 Å². The molecule has 2 aromatic heterocycles. The molecule has 0 unspecified atom stereocenters. The second kappa shape index (κ2) is 8.84. The Hall–Kier alpha value is -3.58. The lowest BCUT2D eigenvalue weighted by molar-refractivity contribution is -0.118. The largest absolute Gasteiger partial charge is 0.345 e. The van der Waals surface area contributed by atoms with E-state index in [0.717, 1.165) is 11.3 Å². The summed E-state index contributed by atoms with van der Waals surface area (Å²) in [6, 6.07) is 15.2. The molecule has 2 aromatic carbocycles. The second-order valence-corrected chi connectivity index (χ2v) is 7.10. The Bertz CT molecular complexity index is 1110. The summed E-state index contributed by atoms with van der Waals surface area (Å²) in [5.41, 5.74) is 3.62. The van der Waals surface area contributed by atoms with Crippen molar-refractivity contribution in [2.75, 3.05) is 4.90 Å². The van der Waals surface area contributed by atoms with Gasteiger partial charge in [0.1, 0.15) is 5.82 Å². The fraction of sp³-hybridized carbons (Fsp3) is 0.0909. The van der Waals surface area contributed by atoms with Gasteiger partial charge >= 0.3 is 0 Å². The maximum absolute atomic E-state index is 13.8. The molecule has 4 aromatic rings. The van der Waals surface area contributed by atoms with Crippen LogP contribution < -0.4 is 4.90 Å². The normalized spacial score (nSPS) is 10.7. The Morgan fingerprint density at radius 3 is 2.63 bits per heavy atom. The van der Waals surface area contributed by atoms with Gasteiger partial charge < -0.3 is 9.88 Å². The van der Waals surface area contributed by atoms with E-state index in [0.29, 0.717) is 16.9 Å². The van der Waals surface area contributed by atoms with Crippen LogP contribution in [0.5, 0.6) is 0 Å². The molecule has 0 saturated carbocycles. The number of nitrogens with one attached hydrogen (secondary N) is 1. The third-order valence-electron chi connectivity index (χ3n) is 4.51. The van der Waals surface area contributed by atoms with Crippen LogP contribution in [0.4, 0.5) is 10.1 Å². The van der Waals surface area contributed by atoms with Crippen molar-refractivity contribution in [3.05, 3.63) is 95.4 Å². The topological polar surface area (TPSA) is 74.8 Å².